The van der Waals surface area contributed by atoms with Crippen LogP contribution in [0, 0.1) is 0 Å². The SMILES string of the molecule is NC12CC(c3cn[nH]n3)(C1)C2. The molecule has 0 unspecified atom stereocenters. The van der Waals surface area contributed by atoms with Gasteiger partial charge in [0.2, 0.25) is 0 Å². The molecule has 11 heavy (non-hydrogen) atoms. The topological polar surface area (TPSA) is 67.6 Å². The van der Waals surface area contributed by atoms with Crippen LogP contribution in [0.25, 0.3) is 0 Å². The first-order chi connectivity index (χ1) is 5.23. The van der Waals surface area contributed by atoms with Gasteiger partial charge < -0.3 is 5.73 Å². The van der Waals surface area contributed by atoms with Crippen molar-refractivity contribution < 1.29 is 0 Å². The van der Waals surface area contributed by atoms with Crippen LogP contribution in [0.1, 0.15) is 25.0 Å². The number of hydrogen-bond donors (Lipinski definition) is 2. The molecule has 3 aliphatic carbocycles. The summed E-state index contributed by atoms with van der Waals surface area (Å²) < 4.78 is 0. The number of aromatic amines is 1. The van der Waals surface area contributed by atoms with E-state index in [0.29, 0.717) is 5.41 Å². The minimum absolute atomic E-state index is 0.166. The molecule has 0 saturated heterocycles. The van der Waals surface area contributed by atoms with E-state index in [1.165, 1.54) is 0 Å². The number of nitrogens with one attached hydrogen (secondary N) is 1. The van der Waals surface area contributed by atoms with Gasteiger partial charge in [-0.1, -0.05) is 0 Å². The van der Waals surface area contributed by atoms with Crippen LogP contribution in [0.5, 0.6) is 0 Å². The van der Waals surface area contributed by atoms with Crippen LogP contribution in [0.2, 0.25) is 0 Å². The summed E-state index contributed by atoms with van der Waals surface area (Å²) in [6.07, 6.45) is 5.13. The first-order valence-corrected chi connectivity index (χ1v) is 3.88. The summed E-state index contributed by atoms with van der Waals surface area (Å²) in [5.41, 5.74) is 7.51. The molecule has 0 spiro atoms. The Morgan fingerprint density at radius 1 is 1.45 bits per heavy atom. The van der Waals surface area contributed by atoms with E-state index in [1.807, 2.05) is 6.20 Å². The normalized spacial score (nSPS) is 46.3. The Morgan fingerprint density at radius 3 is 2.64 bits per heavy atom. The maximum absolute atomic E-state index is 5.92. The molecule has 4 rings (SSSR count). The Balaban J connectivity index is 1.94. The van der Waals surface area contributed by atoms with Crippen molar-refractivity contribution in [2.75, 3.05) is 0 Å². The second-order valence-corrected chi connectivity index (χ2v) is 4.03. The van der Waals surface area contributed by atoms with Gasteiger partial charge in [0.1, 0.15) is 0 Å². The van der Waals surface area contributed by atoms with Crippen LogP contribution in [0.4, 0.5) is 0 Å². The van der Waals surface area contributed by atoms with Crippen molar-refractivity contribution in [3.63, 3.8) is 0 Å². The van der Waals surface area contributed by atoms with Gasteiger partial charge in [-0.3, -0.25) is 0 Å². The van der Waals surface area contributed by atoms with E-state index in [9.17, 15) is 0 Å². The molecule has 0 atom stereocenters. The molecule has 1 aromatic heterocycles. The fourth-order valence-corrected chi connectivity index (χ4v) is 2.60. The van der Waals surface area contributed by atoms with Crippen LogP contribution in [0.15, 0.2) is 6.20 Å². The third kappa shape index (κ3) is 0.506. The summed E-state index contributed by atoms with van der Waals surface area (Å²) in [4.78, 5) is 0. The highest BCUT2D eigenvalue weighted by Gasteiger charge is 2.67. The molecule has 58 valence electrons. The second-order valence-electron chi connectivity index (χ2n) is 4.03. The molecule has 2 bridgehead atoms. The van der Waals surface area contributed by atoms with E-state index in [4.69, 9.17) is 5.73 Å². The van der Waals surface area contributed by atoms with Gasteiger partial charge in [-0.2, -0.15) is 15.4 Å². The average Bonchev–Trinajstić information content (AvgIpc) is 2.28. The predicted octanol–water partition coefficient (Wildman–Crippen LogP) is -0.0625. The third-order valence-electron chi connectivity index (χ3n) is 3.03. The zero-order chi connectivity index (χ0) is 7.53. The van der Waals surface area contributed by atoms with Crippen LogP contribution >= 0.6 is 0 Å². The van der Waals surface area contributed by atoms with Gasteiger partial charge in [-0.05, 0) is 19.3 Å². The quantitative estimate of drug-likeness (QED) is 0.589. The number of H-pyrrole nitrogens is 1. The van der Waals surface area contributed by atoms with Gasteiger partial charge >= 0.3 is 0 Å². The molecule has 0 radical (unpaired) electrons. The van der Waals surface area contributed by atoms with Crippen molar-refractivity contribution in [2.45, 2.75) is 30.2 Å². The van der Waals surface area contributed by atoms with Crippen molar-refractivity contribution in [1.82, 2.24) is 15.4 Å². The summed E-state index contributed by atoms with van der Waals surface area (Å²) in [7, 11) is 0. The smallest absolute Gasteiger partial charge is 0.0888 e. The van der Waals surface area contributed by atoms with Crippen LogP contribution in [-0.4, -0.2) is 20.9 Å². The lowest BCUT2D eigenvalue weighted by atomic mass is 9.39. The highest BCUT2D eigenvalue weighted by Crippen LogP contribution is 2.65. The molecule has 4 heteroatoms. The Morgan fingerprint density at radius 2 is 2.18 bits per heavy atom. The van der Waals surface area contributed by atoms with Crippen molar-refractivity contribution in [2.24, 2.45) is 5.73 Å². The zero-order valence-electron chi connectivity index (χ0n) is 6.17. The fourth-order valence-electron chi connectivity index (χ4n) is 2.60. The zero-order valence-corrected chi connectivity index (χ0v) is 6.17. The maximum atomic E-state index is 5.92. The molecular weight excluding hydrogens is 140 g/mol. The van der Waals surface area contributed by atoms with Crippen molar-refractivity contribution in [3.05, 3.63) is 11.9 Å². The maximum Gasteiger partial charge on any atom is 0.0888 e. The predicted molar refractivity (Wildman–Crippen MR) is 38.8 cm³/mol. The van der Waals surface area contributed by atoms with E-state index in [-0.39, 0.29) is 5.54 Å². The molecule has 1 heterocycles. The van der Waals surface area contributed by atoms with Gasteiger partial charge in [-0.15, -0.1) is 0 Å². The van der Waals surface area contributed by atoms with Crippen LogP contribution in [0.3, 0.4) is 0 Å². The Hall–Kier alpha value is -0.900. The van der Waals surface area contributed by atoms with Crippen LogP contribution < -0.4 is 5.73 Å². The number of nitrogens with zero attached hydrogens (tertiary/aromatic N) is 2. The van der Waals surface area contributed by atoms with E-state index >= 15 is 0 Å². The second kappa shape index (κ2) is 1.34. The van der Waals surface area contributed by atoms with Gasteiger partial charge in [-0.25, -0.2) is 0 Å². The Bertz CT molecular complexity index is 270. The van der Waals surface area contributed by atoms with Gasteiger partial charge in [0.15, 0.2) is 0 Å². The molecular formula is C7H10N4. The van der Waals surface area contributed by atoms with Crippen molar-refractivity contribution >= 4 is 0 Å². The first kappa shape index (κ1) is 5.71. The summed E-state index contributed by atoms with van der Waals surface area (Å²) in [5.74, 6) is 0. The molecule has 0 amide bonds. The highest BCUT2D eigenvalue weighted by atomic mass is 15.3. The minimum atomic E-state index is 0.166. The third-order valence-corrected chi connectivity index (χ3v) is 3.03. The summed E-state index contributed by atoms with van der Waals surface area (Å²) in [6, 6.07) is 0. The monoisotopic (exact) mass is 150 g/mol. The average molecular weight is 150 g/mol. The van der Waals surface area contributed by atoms with Gasteiger partial charge in [0, 0.05) is 11.0 Å². The fraction of sp³-hybridized carbons (Fsp3) is 0.714. The van der Waals surface area contributed by atoms with E-state index in [2.05, 4.69) is 15.4 Å². The Kier molecular flexibility index (Phi) is 0.696. The molecule has 3 aliphatic rings. The summed E-state index contributed by atoms with van der Waals surface area (Å²) >= 11 is 0. The molecule has 3 saturated carbocycles. The standard InChI is InChI=1S/C7H10N4/c8-7-2-6(3-7,4-7)5-1-9-11-10-5/h1H,2-4,8H2,(H,9,10,11). The lowest BCUT2D eigenvalue weighted by molar-refractivity contribution is -0.0620. The molecule has 4 nitrogen and oxygen atoms in total. The van der Waals surface area contributed by atoms with E-state index in [0.717, 1.165) is 25.0 Å². The first-order valence-electron chi connectivity index (χ1n) is 3.88. The molecule has 3 N–H and O–H groups in total. The number of aromatic nitrogens is 3. The molecule has 0 aromatic carbocycles. The largest absolute Gasteiger partial charge is 0.325 e. The lowest BCUT2D eigenvalue weighted by Gasteiger charge is -2.68. The van der Waals surface area contributed by atoms with Crippen LogP contribution in [-0.2, 0) is 5.41 Å². The van der Waals surface area contributed by atoms with Gasteiger partial charge in [0.05, 0.1) is 11.9 Å². The van der Waals surface area contributed by atoms with Crippen molar-refractivity contribution in [1.29, 1.82) is 0 Å². The van der Waals surface area contributed by atoms with E-state index in [1.54, 1.807) is 0 Å². The summed E-state index contributed by atoms with van der Waals surface area (Å²) in [5, 5.41) is 10.5. The Labute approximate surface area is 64.2 Å². The van der Waals surface area contributed by atoms with Gasteiger partial charge in [0.25, 0.3) is 0 Å². The number of nitrogens with two attached hydrogens (primary N) is 1. The molecule has 1 aromatic rings. The lowest BCUT2D eigenvalue weighted by Crippen LogP contribution is -2.74. The van der Waals surface area contributed by atoms with E-state index < -0.39 is 0 Å². The number of hydrogen-bond acceptors (Lipinski definition) is 3. The van der Waals surface area contributed by atoms with Crippen molar-refractivity contribution in [3.8, 4) is 0 Å². The highest BCUT2D eigenvalue weighted by molar-refractivity contribution is 5.35. The minimum Gasteiger partial charge on any atom is -0.325 e. The number of rotatable bonds is 1. The summed E-state index contributed by atoms with van der Waals surface area (Å²) in [6.45, 7) is 0. The molecule has 0 aliphatic heterocycles. The molecule has 3 fully saturated rings.